The van der Waals surface area contributed by atoms with Crippen LogP contribution in [0.3, 0.4) is 0 Å². The van der Waals surface area contributed by atoms with Crippen LogP contribution < -0.4 is 5.32 Å². The molecule has 1 aliphatic rings. The molecule has 0 aliphatic carbocycles. The Bertz CT molecular complexity index is 468. The molecule has 1 saturated heterocycles. The SMILES string of the molecule is Cc1ccc([C@H](C)NC(=O)CN2CCOCC2)cc1C. The number of nitrogens with zero attached hydrogens (tertiary/aromatic N) is 1. The first-order valence-corrected chi connectivity index (χ1v) is 7.23. The molecule has 1 aliphatic heterocycles. The summed E-state index contributed by atoms with van der Waals surface area (Å²) in [6.45, 7) is 9.80. The van der Waals surface area contributed by atoms with Crippen molar-refractivity contribution in [1.29, 1.82) is 0 Å². The Labute approximate surface area is 121 Å². The summed E-state index contributed by atoms with van der Waals surface area (Å²) in [5.74, 6) is 0.0811. The van der Waals surface area contributed by atoms with Crippen LogP contribution >= 0.6 is 0 Å². The molecule has 0 radical (unpaired) electrons. The maximum Gasteiger partial charge on any atom is 0.234 e. The first-order chi connectivity index (χ1) is 9.56. The summed E-state index contributed by atoms with van der Waals surface area (Å²) in [6.07, 6.45) is 0. The molecular weight excluding hydrogens is 252 g/mol. The highest BCUT2D eigenvalue weighted by molar-refractivity contribution is 5.78. The molecular formula is C16H24N2O2. The standard InChI is InChI=1S/C16H24N2O2/c1-12-4-5-15(10-13(12)2)14(3)17-16(19)11-18-6-8-20-9-7-18/h4-5,10,14H,6-9,11H2,1-3H3,(H,17,19)/t14-/m0/s1. The summed E-state index contributed by atoms with van der Waals surface area (Å²) in [7, 11) is 0. The molecule has 0 spiro atoms. The van der Waals surface area contributed by atoms with Crippen molar-refractivity contribution in [3.63, 3.8) is 0 Å². The lowest BCUT2D eigenvalue weighted by molar-refractivity contribution is -0.123. The number of carbonyl (C=O) groups excluding carboxylic acids is 1. The van der Waals surface area contributed by atoms with Crippen molar-refractivity contribution < 1.29 is 9.53 Å². The molecule has 0 unspecified atom stereocenters. The summed E-state index contributed by atoms with van der Waals surface area (Å²) in [5, 5.41) is 3.07. The molecule has 1 fully saturated rings. The van der Waals surface area contributed by atoms with Crippen molar-refractivity contribution in [2.24, 2.45) is 0 Å². The molecule has 1 atom stereocenters. The van der Waals surface area contributed by atoms with Crippen LogP contribution in [0.4, 0.5) is 0 Å². The molecule has 1 aromatic carbocycles. The van der Waals surface area contributed by atoms with Gasteiger partial charge in [-0.05, 0) is 37.5 Å². The number of hydrogen-bond acceptors (Lipinski definition) is 3. The Morgan fingerprint density at radius 3 is 2.65 bits per heavy atom. The van der Waals surface area contributed by atoms with E-state index < -0.39 is 0 Å². The average molecular weight is 276 g/mol. The van der Waals surface area contributed by atoms with Gasteiger partial charge in [0, 0.05) is 13.1 Å². The molecule has 20 heavy (non-hydrogen) atoms. The van der Waals surface area contributed by atoms with Crippen molar-refractivity contribution in [3.8, 4) is 0 Å². The van der Waals surface area contributed by atoms with Crippen LogP contribution in [-0.2, 0) is 9.53 Å². The quantitative estimate of drug-likeness (QED) is 0.912. The van der Waals surface area contributed by atoms with Crippen molar-refractivity contribution >= 4 is 5.91 Å². The Morgan fingerprint density at radius 1 is 1.30 bits per heavy atom. The second kappa shape index (κ2) is 6.86. The van der Waals surface area contributed by atoms with Gasteiger partial charge in [-0.2, -0.15) is 0 Å². The Kier molecular flexibility index (Phi) is 5.15. The van der Waals surface area contributed by atoms with Crippen LogP contribution in [0.25, 0.3) is 0 Å². The Morgan fingerprint density at radius 2 is 2.00 bits per heavy atom. The van der Waals surface area contributed by atoms with Crippen molar-refractivity contribution in [1.82, 2.24) is 10.2 Å². The minimum Gasteiger partial charge on any atom is -0.379 e. The lowest BCUT2D eigenvalue weighted by Crippen LogP contribution is -2.43. The number of hydrogen-bond donors (Lipinski definition) is 1. The topological polar surface area (TPSA) is 41.6 Å². The van der Waals surface area contributed by atoms with E-state index in [0.717, 1.165) is 31.9 Å². The van der Waals surface area contributed by atoms with E-state index in [1.54, 1.807) is 0 Å². The Balaban J connectivity index is 1.87. The fraction of sp³-hybridized carbons (Fsp3) is 0.562. The smallest absolute Gasteiger partial charge is 0.234 e. The molecule has 110 valence electrons. The number of benzene rings is 1. The number of carbonyl (C=O) groups is 1. The number of rotatable bonds is 4. The fourth-order valence-electron chi connectivity index (χ4n) is 2.37. The second-order valence-electron chi connectivity index (χ2n) is 5.52. The third-order valence-electron chi connectivity index (χ3n) is 3.88. The lowest BCUT2D eigenvalue weighted by Gasteiger charge is -2.26. The third-order valence-corrected chi connectivity index (χ3v) is 3.88. The van der Waals surface area contributed by atoms with E-state index in [2.05, 4.69) is 42.3 Å². The molecule has 2 rings (SSSR count). The van der Waals surface area contributed by atoms with Gasteiger partial charge in [0.25, 0.3) is 0 Å². The van der Waals surface area contributed by atoms with Gasteiger partial charge in [0.1, 0.15) is 0 Å². The minimum absolute atomic E-state index is 0.0443. The van der Waals surface area contributed by atoms with Crippen LogP contribution in [-0.4, -0.2) is 43.7 Å². The van der Waals surface area contributed by atoms with Gasteiger partial charge in [-0.15, -0.1) is 0 Å². The monoisotopic (exact) mass is 276 g/mol. The first kappa shape index (κ1) is 15.0. The molecule has 4 heteroatoms. The third kappa shape index (κ3) is 4.05. The van der Waals surface area contributed by atoms with Gasteiger partial charge in [0.05, 0.1) is 25.8 Å². The van der Waals surface area contributed by atoms with Gasteiger partial charge in [-0.3, -0.25) is 9.69 Å². The molecule has 1 aromatic rings. The molecule has 4 nitrogen and oxygen atoms in total. The number of ether oxygens (including phenoxy) is 1. The van der Waals surface area contributed by atoms with Crippen LogP contribution in [0.15, 0.2) is 18.2 Å². The minimum atomic E-state index is 0.0443. The maximum absolute atomic E-state index is 12.1. The van der Waals surface area contributed by atoms with Crippen molar-refractivity contribution in [2.75, 3.05) is 32.8 Å². The zero-order chi connectivity index (χ0) is 14.5. The predicted octanol–water partition coefficient (Wildman–Crippen LogP) is 1.81. The second-order valence-corrected chi connectivity index (χ2v) is 5.52. The predicted molar refractivity (Wildman–Crippen MR) is 79.7 cm³/mol. The normalized spacial score (nSPS) is 17.8. The van der Waals surface area contributed by atoms with E-state index in [1.807, 2.05) is 6.92 Å². The van der Waals surface area contributed by atoms with Crippen LogP contribution in [0.5, 0.6) is 0 Å². The lowest BCUT2D eigenvalue weighted by atomic mass is 10.0. The molecule has 1 amide bonds. The van der Waals surface area contributed by atoms with Gasteiger partial charge in [0.15, 0.2) is 0 Å². The van der Waals surface area contributed by atoms with E-state index in [0.29, 0.717) is 6.54 Å². The van der Waals surface area contributed by atoms with Crippen LogP contribution in [0, 0.1) is 13.8 Å². The zero-order valence-electron chi connectivity index (χ0n) is 12.6. The van der Waals surface area contributed by atoms with Crippen LogP contribution in [0.2, 0.25) is 0 Å². The zero-order valence-corrected chi connectivity index (χ0v) is 12.6. The molecule has 0 saturated carbocycles. The van der Waals surface area contributed by atoms with Gasteiger partial charge in [-0.25, -0.2) is 0 Å². The first-order valence-electron chi connectivity index (χ1n) is 7.23. The summed E-state index contributed by atoms with van der Waals surface area (Å²) < 4.78 is 5.28. The van der Waals surface area contributed by atoms with Crippen molar-refractivity contribution in [3.05, 3.63) is 34.9 Å². The van der Waals surface area contributed by atoms with Crippen LogP contribution in [0.1, 0.15) is 29.7 Å². The van der Waals surface area contributed by atoms with E-state index in [9.17, 15) is 4.79 Å². The highest BCUT2D eigenvalue weighted by atomic mass is 16.5. The molecule has 0 bridgehead atoms. The fourth-order valence-corrected chi connectivity index (χ4v) is 2.37. The highest BCUT2D eigenvalue weighted by Crippen LogP contribution is 2.16. The van der Waals surface area contributed by atoms with E-state index >= 15 is 0 Å². The number of nitrogens with one attached hydrogen (secondary N) is 1. The summed E-state index contributed by atoms with van der Waals surface area (Å²) in [5.41, 5.74) is 3.70. The molecule has 1 heterocycles. The average Bonchev–Trinajstić information content (AvgIpc) is 2.42. The van der Waals surface area contributed by atoms with Crippen molar-refractivity contribution in [2.45, 2.75) is 26.8 Å². The van der Waals surface area contributed by atoms with Gasteiger partial charge < -0.3 is 10.1 Å². The number of amides is 1. The number of morpholine rings is 1. The molecule has 1 N–H and O–H groups in total. The summed E-state index contributed by atoms with van der Waals surface area (Å²) >= 11 is 0. The van der Waals surface area contributed by atoms with E-state index in [-0.39, 0.29) is 11.9 Å². The Hall–Kier alpha value is -1.39. The summed E-state index contributed by atoms with van der Waals surface area (Å²) in [6, 6.07) is 6.38. The summed E-state index contributed by atoms with van der Waals surface area (Å²) in [4.78, 5) is 14.2. The van der Waals surface area contributed by atoms with Gasteiger partial charge in [0.2, 0.25) is 5.91 Å². The maximum atomic E-state index is 12.1. The van der Waals surface area contributed by atoms with E-state index in [1.165, 1.54) is 11.1 Å². The highest BCUT2D eigenvalue weighted by Gasteiger charge is 2.16. The number of aryl methyl sites for hydroxylation is 2. The van der Waals surface area contributed by atoms with E-state index in [4.69, 9.17) is 4.74 Å². The molecule has 0 aromatic heterocycles. The van der Waals surface area contributed by atoms with Gasteiger partial charge >= 0.3 is 0 Å². The largest absolute Gasteiger partial charge is 0.379 e. The van der Waals surface area contributed by atoms with Gasteiger partial charge in [-0.1, -0.05) is 18.2 Å².